The number of nitro benzene ring substituents is 1. The molecule has 0 atom stereocenters. The van der Waals surface area contributed by atoms with Crippen molar-refractivity contribution in [2.45, 2.75) is 26.7 Å². The van der Waals surface area contributed by atoms with Crippen LogP contribution in [0.4, 0.5) is 11.4 Å². The number of benzene rings is 2. The monoisotopic (exact) mass is 386 g/mol. The molecule has 0 aliphatic heterocycles. The SMILES string of the molecule is CC(=O)NCCc1cccc(N)c1.CC(=O)NCCc1cccc([N+](=O)[O-])c1. The molecule has 2 amide bonds. The summed E-state index contributed by atoms with van der Waals surface area (Å²) in [5.74, 6) is -0.0932. The van der Waals surface area contributed by atoms with Crippen molar-refractivity contribution in [1.82, 2.24) is 10.6 Å². The van der Waals surface area contributed by atoms with Gasteiger partial charge in [0.05, 0.1) is 4.92 Å². The number of hydrogen-bond donors (Lipinski definition) is 3. The van der Waals surface area contributed by atoms with Gasteiger partial charge < -0.3 is 16.4 Å². The molecule has 0 heterocycles. The Hall–Kier alpha value is -3.42. The summed E-state index contributed by atoms with van der Waals surface area (Å²) < 4.78 is 0. The second kappa shape index (κ2) is 12.1. The number of carbonyl (C=O) groups is 2. The lowest BCUT2D eigenvalue weighted by Crippen LogP contribution is -2.22. The molecule has 0 aliphatic carbocycles. The van der Waals surface area contributed by atoms with Gasteiger partial charge in [0.2, 0.25) is 11.8 Å². The summed E-state index contributed by atoms with van der Waals surface area (Å²) in [6.45, 7) is 4.11. The Bertz CT molecular complexity index is 808. The van der Waals surface area contributed by atoms with Gasteiger partial charge in [0.1, 0.15) is 0 Å². The molecule has 2 aromatic rings. The van der Waals surface area contributed by atoms with Gasteiger partial charge in [-0.3, -0.25) is 19.7 Å². The number of carbonyl (C=O) groups excluding carboxylic acids is 2. The molecule has 0 saturated heterocycles. The van der Waals surface area contributed by atoms with E-state index in [1.54, 1.807) is 12.1 Å². The van der Waals surface area contributed by atoms with Gasteiger partial charge in [0.25, 0.3) is 5.69 Å². The Morgan fingerprint density at radius 2 is 1.43 bits per heavy atom. The largest absolute Gasteiger partial charge is 0.399 e. The zero-order valence-corrected chi connectivity index (χ0v) is 16.1. The van der Waals surface area contributed by atoms with Crippen LogP contribution in [0.1, 0.15) is 25.0 Å². The average molecular weight is 386 g/mol. The Kier molecular flexibility index (Phi) is 9.74. The highest BCUT2D eigenvalue weighted by atomic mass is 16.6. The summed E-state index contributed by atoms with van der Waals surface area (Å²) in [6, 6.07) is 14.1. The minimum Gasteiger partial charge on any atom is -0.399 e. The molecule has 0 aromatic heterocycles. The molecule has 0 fully saturated rings. The van der Waals surface area contributed by atoms with Crippen molar-refractivity contribution in [1.29, 1.82) is 0 Å². The fourth-order valence-corrected chi connectivity index (χ4v) is 2.34. The first-order valence-electron chi connectivity index (χ1n) is 8.84. The van der Waals surface area contributed by atoms with Gasteiger partial charge in [-0.1, -0.05) is 24.3 Å². The van der Waals surface area contributed by atoms with Crippen molar-refractivity contribution < 1.29 is 14.5 Å². The van der Waals surface area contributed by atoms with E-state index in [-0.39, 0.29) is 17.5 Å². The zero-order valence-electron chi connectivity index (χ0n) is 16.1. The zero-order chi connectivity index (χ0) is 20.9. The van der Waals surface area contributed by atoms with Crippen molar-refractivity contribution in [2.75, 3.05) is 18.8 Å². The number of nitrogens with zero attached hydrogens (tertiary/aromatic N) is 1. The third kappa shape index (κ3) is 9.91. The van der Waals surface area contributed by atoms with Crippen LogP contribution in [0, 0.1) is 10.1 Å². The maximum atomic E-state index is 10.6. The third-order valence-electron chi connectivity index (χ3n) is 3.65. The number of hydrogen-bond acceptors (Lipinski definition) is 5. The van der Waals surface area contributed by atoms with Crippen LogP contribution in [0.25, 0.3) is 0 Å². The van der Waals surface area contributed by atoms with Crippen LogP contribution in [0.15, 0.2) is 48.5 Å². The van der Waals surface area contributed by atoms with Gasteiger partial charge >= 0.3 is 0 Å². The number of nitrogens with two attached hydrogens (primary N) is 1. The Balaban J connectivity index is 0.000000283. The molecule has 4 N–H and O–H groups in total. The average Bonchev–Trinajstić information content (AvgIpc) is 2.62. The van der Waals surface area contributed by atoms with Gasteiger partial charge in [0.15, 0.2) is 0 Å². The van der Waals surface area contributed by atoms with Gasteiger partial charge in [-0.15, -0.1) is 0 Å². The van der Waals surface area contributed by atoms with Crippen LogP contribution in [-0.2, 0) is 22.4 Å². The number of nitrogen functional groups attached to an aromatic ring is 1. The normalized spacial score (nSPS) is 9.64. The minimum absolute atomic E-state index is 0.00361. The van der Waals surface area contributed by atoms with Crippen LogP contribution < -0.4 is 16.4 Å². The lowest BCUT2D eigenvalue weighted by molar-refractivity contribution is -0.384. The fourth-order valence-electron chi connectivity index (χ4n) is 2.34. The fraction of sp³-hybridized carbons (Fsp3) is 0.300. The summed E-state index contributed by atoms with van der Waals surface area (Å²) in [5.41, 5.74) is 8.44. The predicted molar refractivity (Wildman–Crippen MR) is 109 cm³/mol. The lowest BCUT2D eigenvalue weighted by atomic mass is 10.1. The van der Waals surface area contributed by atoms with E-state index in [4.69, 9.17) is 5.73 Å². The van der Waals surface area contributed by atoms with E-state index in [0.29, 0.717) is 19.5 Å². The second-order valence-electron chi connectivity index (χ2n) is 6.14. The molecule has 0 radical (unpaired) electrons. The van der Waals surface area contributed by atoms with E-state index < -0.39 is 4.92 Å². The number of rotatable bonds is 7. The number of non-ortho nitro benzene ring substituents is 1. The van der Waals surface area contributed by atoms with Gasteiger partial charge in [0, 0.05) is 44.8 Å². The molecule has 8 nitrogen and oxygen atoms in total. The number of amides is 2. The highest BCUT2D eigenvalue weighted by molar-refractivity contribution is 5.73. The van der Waals surface area contributed by atoms with Crippen LogP contribution in [0.5, 0.6) is 0 Å². The topological polar surface area (TPSA) is 127 Å². The van der Waals surface area contributed by atoms with E-state index in [9.17, 15) is 19.7 Å². The van der Waals surface area contributed by atoms with Crippen molar-refractivity contribution in [3.05, 3.63) is 69.8 Å². The molecule has 0 bridgehead atoms. The van der Waals surface area contributed by atoms with Crippen LogP contribution >= 0.6 is 0 Å². The molecule has 8 heteroatoms. The molecular formula is C20H26N4O4. The molecule has 2 aromatic carbocycles. The summed E-state index contributed by atoms with van der Waals surface area (Å²) in [6.07, 6.45) is 1.42. The molecule has 0 saturated carbocycles. The molecule has 28 heavy (non-hydrogen) atoms. The molecule has 0 spiro atoms. The first-order valence-corrected chi connectivity index (χ1v) is 8.84. The smallest absolute Gasteiger partial charge is 0.269 e. The van der Waals surface area contributed by atoms with Crippen molar-refractivity contribution in [3.63, 3.8) is 0 Å². The molecule has 2 rings (SSSR count). The summed E-state index contributed by atoms with van der Waals surface area (Å²) in [7, 11) is 0. The van der Waals surface area contributed by atoms with E-state index >= 15 is 0 Å². The first-order chi connectivity index (χ1) is 13.3. The standard InChI is InChI=1S/C10H12N2O3.C10H14N2O/c1-8(13)11-6-5-9-3-2-4-10(7-9)12(14)15;1-8(13)12-6-5-9-3-2-4-10(11)7-9/h2-4,7H,5-6H2,1H3,(H,11,13);2-4,7H,5-6,11H2,1H3,(H,12,13). The number of nitro groups is 1. The van der Waals surface area contributed by atoms with Crippen LogP contribution in [-0.4, -0.2) is 29.8 Å². The summed E-state index contributed by atoms with van der Waals surface area (Å²) >= 11 is 0. The van der Waals surface area contributed by atoms with Crippen molar-refractivity contribution in [3.8, 4) is 0 Å². The predicted octanol–water partition coefficient (Wildman–Crippen LogP) is 2.22. The van der Waals surface area contributed by atoms with Gasteiger partial charge in [-0.25, -0.2) is 0 Å². The highest BCUT2D eigenvalue weighted by Crippen LogP contribution is 2.13. The van der Waals surface area contributed by atoms with Crippen molar-refractivity contribution in [2.24, 2.45) is 0 Å². The van der Waals surface area contributed by atoms with E-state index in [1.165, 1.54) is 26.0 Å². The first kappa shape index (κ1) is 22.6. The highest BCUT2D eigenvalue weighted by Gasteiger charge is 2.05. The Morgan fingerprint density at radius 1 is 0.929 bits per heavy atom. The van der Waals surface area contributed by atoms with Crippen LogP contribution in [0.2, 0.25) is 0 Å². The van der Waals surface area contributed by atoms with E-state index in [1.807, 2.05) is 24.3 Å². The molecular weight excluding hydrogens is 360 g/mol. The minimum atomic E-state index is -0.429. The third-order valence-corrected chi connectivity index (χ3v) is 3.65. The molecule has 150 valence electrons. The Morgan fingerprint density at radius 3 is 1.89 bits per heavy atom. The maximum Gasteiger partial charge on any atom is 0.269 e. The summed E-state index contributed by atoms with van der Waals surface area (Å²) in [4.78, 5) is 31.2. The Labute approximate surface area is 164 Å². The lowest BCUT2D eigenvalue weighted by Gasteiger charge is -2.02. The summed E-state index contributed by atoms with van der Waals surface area (Å²) in [5, 5.41) is 15.8. The second-order valence-corrected chi connectivity index (χ2v) is 6.14. The number of nitrogens with one attached hydrogen (secondary N) is 2. The van der Waals surface area contributed by atoms with E-state index in [2.05, 4.69) is 10.6 Å². The van der Waals surface area contributed by atoms with Crippen LogP contribution in [0.3, 0.4) is 0 Å². The van der Waals surface area contributed by atoms with Gasteiger partial charge in [-0.2, -0.15) is 0 Å². The molecule has 0 unspecified atom stereocenters. The molecule has 0 aliphatic rings. The van der Waals surface area contributed by atoms with Gasteiger partial charge in [-0.05, 0) is 36.1 Å². The van der Waals surface area contributed by atoms with Crippen molar-refractivity contribution >= 4 is 23.2 Å². The number of anilines is 1. The maximum absolute atomic E-state index is 10.6. The van der Waals surface area contributed by atoms with E-state index in [0.717, 1.165) is 23.2 Å². The quantitative estimate of drug-likeness (QED) is 0.382.